The molecule has 0 aliphatic heterocycles. The van der Waals surface area contributed by atoms with E-state index in [0.717, 1.165) is 34.2 Å². The van der Waals surface area contributed by atoms with Gasteiger partial charge in [-0.05, 0) is 50.2 Å². The van der Waals surface area contributed by atoms with Gasteiger partial charge in [-0.2, -0.15) is 5.10 Å². The van der Waals surface area contributed by atoms with Crippen LogP contribution in [0, 0.1) is 13.8 Å². The lowest BCUT2D eigenvalue weighted by atomic mass is 10.2. The number of aryl methyl sites for hydroxylation is 1. The van der Waals surface area contributed by atoms with E-state index in [1.165, 1.54) is 0 Å². The summed E-state index contributed by atoms with van der Waals surface area (Å²) in [5.74, 6) is 1.32. The zero-order valence-corrected chi connectivity index (χ0v) is 18.4. The van der Waals surface area contributed by atoms with Crippen LogP contribution in [0.2, 0.25) is 0 Å². The van der Waals surface area contributed by atoms with E-state index in [0.29, 0.717) is 5.75 Å². The molecule has 0 aliphatic rings. The number of ether oxygens (including phenoxy) is 1. The van der Waals surface area contributed by atoms with Crippen LogP contribution >= 0.6 is 0 Å². The fourth-order valence-electron chi connectivity index (χ4n) is 3.60. The first-order valence-corrected chi connectivity index (χ1v) is 10.5. The van der Waals surface area contributed by atoms with Gasteiger partial charge in [0.1, 0.15) is 5.75 Å². The highest BCUT2D eigenvalue weighted by Crippen LogP contribution is 2.31. The molecule has 6 nitrogen and oxygen atoms in total. The molecule has 1 N–H and O–H groups in total. The Morgan fingerprint density at radius 3 is 2.28 bits per heavy atom. The van der Waals surface area contributed by atoms with Crippen molar-refractivity contribution in [1.82, 2.24) is 9.78 Å². The summed E-state index contributed by atoms with van der Waals surface area (Å²) in [4.78, 5) is 14.8. The van der Waals surface area contributed by atoms with Crippen LogP contribution < -0.4 is 15.0 Å². The molecule has 1 amide bonds. The van der Waals surface area contributed by atoms with Crippen molar-refractivity contribution in [2.75, 3.05) is 23.8 Å². The Morgan fingerprint density at radius 1 is 0.938 bits per heavy atom. The standard InChI is InChI=1S/C26H26N4O2/c1-19-26(20(2)30(28-19)21-12-6-4-7-13-21)27-25(31)18-29(3)23-16-10-11-17-24(23)32-22-14-8-5-9-15-22/h4-17H,18H2,1-3H3,(H,27,31). The van der Waals surface area contributed by atoms with Crippen LogP contribution in [0.15, 0.2) is 84.9 Å². The summed E-state index contributed by atoms with van der Waals surface area (Å²) >= 11 is 0. The zero-order chi connectivity index (χ0) is 22.5. The molecule has 0 saturated heterocycles. The number of benzene rings is 3. The van der Waals surface area contributed by atoms with Crippen molar-refractivity contribution >= 4 is 17.3 Å². The van der Waals surface area contributed by atoms with Gasteiger partial charge in [0.2, 0.25) is 5.91 Å². The smallest absolute Gasteiger partial charge is 0.243 e. The quantitative estimate of drug-likeness (QED) is 0.432. The molecule has 0 aliphatic carbocycles. The van der Waals surface area contributed by atoms with Crippen LogP contribution in [0.25, 0.3) is 5.69 Å². The van der Waals surface area contributed by atoms with Crippen molar-refractivity contribution in [3.05, 3.63) is 96.3 Å². The molecule has 3 aromatic carbocycles. The Labute approximate surface area is 188 Å². The van der Waals surface area contributed by atoms with Gasteiger partial charge >= 0.3 is 0 Å². The Balaban J connectivity index is 1.48. The summed E-state index contributed by atoms with van der Waals surface area (Å²) in [5, 5.41) is 7.63. The Hall–Kier alpha value is -4.06. The Morgan fingerprint density at radius 2 is 1.56 bits per heavy atom. The SMILES string of the molecule is Cc1nn(-c2ccccc2)c(C)c1NC(=O)CN(C)c1ccccc1Oc1ccccc1. The molecular weight excluding hydrogens is 400 g/mol. The zero-order valence-electron chi connectivity index (χ0n) is 18.4. The van der Waals surface area contributed by atoms with Crippen LogP contribution in [0.5, 0.6) is 11.5 Å². The normalized spacial score (nSPS) is 10.6. The van der Waals surface area contributed by atoms with Crippen LogP contribution in [0.1, 0.15) is 11.4 Å². The third kappa shape index (κ3) is 4.64. The minimum Gasteiger partial charge on any atom is -0.455 e. The van der Waals surface area contributed by atoms with E-state index in [9.17, 15) is 4.79 Å². The van der Waals surface area contributed by atoms with E-state index in [2.05, 4.69) is 10.4 Å². The largest absolute Gasteiger partial charge is 0.455 e. The lowest BCUT2D eigenvalue weighted by molar-refractivity contribution is -0.114. The maximum absolute atomic E-state index is 12.9. The minimum absolute atomic E-state index is 0.124. The first-order valence-electron chi connectivity index (χ1n) is 10.5. The van der Waals surface area contributed by atoms with Crippen LogP contribution in [-0.4, -0.2) is 29.3 Å². The van der Waals surface area contributed by atoms with Crippen molar-refractivity contribution < 1.29 is 9.53 Å². The van der Waals surface area contributed by atoms with Gasteiger partial charge in [-0.1, -0.05) is 48.5 Å². The van der Waals surface area contributed by atoms with Gasteiger partial charge in [0.05, 0.1) is 35.0 Å². The molecule has 1 aromatic heterocycles. The summed E-state index contributed by atoms with van der Waals surface area (Å²) in [6.45, 7) is 4.02. The second-order valence-corrected chi connectivity index (χ2v) is 7.58. The fraction of sp³-hybridized carbons (Fsp3) is 0.154. The monoisotopic (exact) mass is 426 g/mol. The summed E-state index contributed by atoms with van der Waals surface area (Å²) < 4.78 is 7.88. The second-order valence-electron chi connectivity index (χ2n) is 7.58. The number of hydrogen-bond donors (Lipinski definition) is 1. The Bertz CT molecular complexity index is 1200. The van der Waals surface area contributed by atoms with E-state index in [-0.39, 0.29) is 12.5 Å². The van der Waals surface area contributed by atoms with Gasteiger partial charge < -0.3 is 15.0 Å². The number of likely N-dealkylation sites (N-methyl/N-ethyl adjacent to an activating group) is 1. The number of nitrogens with one attached hydrogen (secondary N) is 1. The molecule has 1 heterocycles. The number of carbonyl (C=O) groups is 1. The van der Waals surface area contributed by atoms with E-state index in [1.807, 2.05) is 115 Å². The average molecular weight is 427 g/mol. The van der Waals surface area contributed by atoms with E-state index >= 15 is 0 Å². The number of aromatic nitrogens is 2. The predicted octanol–water partition coefficient (Wildman–Crippen LogP) is 5.36. The molecule has 4 rings (SSSR count). The maximum atomic E-state index is 12.9. The van der Waals surface area contributed by atoms with Crippen molar-refractivity contribution in [3.8, 4) is 17.2 Å². The number of nitrogens with zero attached hydrogens (tertiary/aromatic N) is 3. The van der Waals surface area contributed by atoms with Gasteiger partial charge in [0.25, 0.3) is 0 Å². The highest BCUT2D eigenvalue weighted by Gasteiger charge is 2.17. The second kappa shape index (κ2) is 9.39. The molecule has 0 fully saturated rings. The molecule has 0 bridgehead atoms. The van der Waals surface area contributed by atoms with Crippen molar-refractivity contribution in [2.45, 2.75) is 13.8 Å². The summed E-state index contributed by atoms with van der Waals surface area (Å²) in [5.41, 5.74) is 4.19. The van der Waals surface area contributed by atoms with Crippen LogP contribution in [0.3, 0.4) is 0 Å². The molecular formula is C26H26N4O2. The third-order valence-electron chi connectivity index (χ3n) is 5.18. The number of carbonyl (C=O) groups excluding carboxylic acids is 1. The number of hydrogen-bond acceptors (Lipinski definition) is 4. The lowest BCUT2D eigenvalue weighted by Gasteiger charge is -2.22. The minimum atomic E-state index is -0.124. The predicted molar refractivity (Wildman–Crippen MR) is 128 cm³/mol. The Kier molecular flexibility index (Phi) is 6.22. The van der Waals surface area contributed by atoms with Crippen molar-refractivity contribution in [1.29, 1.82) is 0 Å². The van der Waals surface area contributed by atoms with E-state index in [1.54, 1.807) is 0 Å². The first kappa shape index (κ1) is 21.2. The summed E-state index contributed by atoms with van der Waals surface area (Å²) in [6.07, 6.45) is 0. The lowest BCUT2D eigenvalue weighted by Crippen LogP contribution is -2.30. The van der Waals surface area contributed by atoms with Gasteiger partial charge in [-0.15, -0.1) is 0 Å². The van der Waals surface area contributed by atoms with Crippen molar-refractivity contribution in [3.63, 3.8) is 0 Å². The van der Waals surface area contributed by atoms with Crippen molar-refractivity contribution in [2.24, 2.45) is 0 Å². The highest BCUT2D eigenvalue weighted by molar-refractivity contribution is 5.95. The molecule has 0 spiro atoms. The molecule has 0 atom stereocenters. The fourth-order valence-corrected chi connectivity index (χ4v) is 3.60. The summed E-state index contributed by atoms with van der Waals surface area (Å²) in [7, 11) is 1.87. The maximum Gasteiger partial charge on any atom is 0.243 e. The molecule has 4 aromatic rings. The first-order chi connectivity index (χ1) is 15.5. The molecule has 0 saturated carbocycles. The molecule has 0 radical (unpaired) electrons. The number of para-hydroxylation sites is 4. The van der Waals surface area contributed by atoms with Gasteiger partial charge in [0, 0.05) is 7.05 Å². The number of amides is 1. The van der Waals surface area contributed by atoms with Gasteiger partial charge in [-0.25, -0.2) is 4.68 Å². The van der Waals surface area contributed by atoms with E-state index in [4.69, 9.17) is 4.74 Å². The summed E-state index contributed by atoms with van der Waals surface area (Å²) in [6, 6.07) is 27.2. The average Bonchev–Trinajstić information content (AvgIpc) is 3.09. The van der Waals surface area contributed by atoms with Gasteiger partial charge in [0.15, 0.2) is 5.75 Å². The van der Waals surface area contributed by atoms with Crippen LogP contribution in [-0.2, 0) is 4.79 Å². The number of anilines is 2. The van der Waals surface area contributed by atoms with Crippen LogP contribution in [0.4, 0.5) is 11.4 Å². The molecule has 0 unspecified atom stereocenters. The topological polar surface area (TPSA) is 59.4 Å². The molecule has 32 heavy (non-hydrogen) atoms. The molecule has 6 heteroatoms. The van der Waals surface area contributed by atoms with Gasteiger partial charge in [-0.3, -0.25) is 4.79 Å². The molecule has 162 valence electrons. The number of rotatable bonds is 7. The third-order valence-corrected chi connectivity index (χ3v) is 5.18. The highest BCUT2D eigenvalue weighted by atomic mass is 16.5. The van der Waals surface area contributed by atoms with E-state index < -0.39 is 0 Å².